The van der Waals surface area contributed by atoms with Gasteiger partial charge < -0.3 is 5.11 Å². The third-order valence-electron chi connectivity index (χ3n) is 3.31. The number of nitrogens with zero attached hydrogens (tertiary/aromatic N) is 2. The molecule has 0 fully saturated rings. The molecule has 0 aliphatic rings. The fraction of sp³-hybridized carbons (Fsp3) is 0.0588. The lowest BCUT2D eigenvalue weighted by atomic mass is 9.96. The summed E-state index contributed by atoms with van der Waals surface area (Å²) in [4.78, 5) is 4.29. The number of aliphatic hydroxyl groups excluding tert-OH is 1. The van der Waals surface area contributed by atoms with Crippen LogP contribution in [-0.4, -0.2) is 10.1 Å². The van der Waals surface area contributed by atoms with Crippen LogP contribution in [0.25, 0.3) is 10.9 Å². The third kappa shape index (κ3) is 2.13. The van der Waals surface area contributed by atoms with E-state index in [-0.39, 0.29) is 0 Å². The normalized spacial score (nSPS) is 12.0. The topological polar surface area (TPSA) is 56.9 Å². The fourth-order valence-electron chi connectivity index (χ4n) is 2.32. The van der Waals surface area contributed by atoms with E-state index in [4.69, 9.17) is 5.26 Å². The van der Waals surface area contributed by atoms with Gasteiger partial charge in [0.15, 0.2) is 0 Å². The quantitative estimate of drug-likeness (QED) is 0.769. The average molecular weight is 260 g/mol. The van der Waals surface area contributed by atoms with E-state index in [9.17, 15) is 5.11 Å². The molecule has 1 N–H and O–H groups in total. The lowest BCUT2D eigenvalue weighted by Crippen LogP contribution is -2.01. The Balaban J connectivity index is 2.13. The Hall–Kier alpha value is -2.70. The van der Waals surface area contributed by atoms with Crippen LogP contribution < -0.4 is 0 Å². The van der Waals surface area contributed by atoms with Crippen molar-refractivity contribution in [2.24, 2.45) is 0 Å². The van der Waals surface area contributed by atoms with Gasteiger partial charge in [-0.05, 0) is 35.4 Å². The molecule has 0 spiro atoms. The van der Waals surface area contributed by atoms with Crippen LogP contribution in [-0.2, 0) is 0 Å². The minimum absolute atomic E-state index is 0.542. The Morgan fingerprint density at radius 1 is 1.05 bits per heavy atom. The monoisotopic (exact) mass is 260 g/mol. The number of hydrogen-bond acceptors (Lipinski definition) is 3. The lowest BCUT2D eigenvalue weighted by Gasteiger charge is -2.14. The van der Waals surface area contributed by atoms with Crippen molar-refractivity contribution in [3.8, 4) is 6.07 Å². The Kier molecular flexibility index (Phi) is 3.16. The lowest BCUT2D eigenvalue weighted by molar-refractivity contribution is 0.222. The van der Waals surface area contributed by atoms with Crippen LogP contribution in [0.15, 0.2) is 60.8 Å². The Bertz CT molecular complexity index is 800. The smallest absolute Gasteiger partial charge is 0.105 e. The molecule has 20 heavy (non-hydrogen) atoms. The molecule has 0 aliphatic heterocycles. The van der Waals surface area contributed by atoms with Gasteiger partial charge in [-0.15, -0.1) is 0 Å². The maximum Gasteiger partial charge on any atom is 0.105 e. The standard InChI is InChI=1S/C17H12N2O/c18-11-12-4-1-5-13(10-12)17(20)15-6-2-8-16-14(15)7-3-9-19-16/h1-10,17,20H. The zero-order valence-corrected chi connectivity index (χ0v) is 10.7. The molecule has 1 aromatic heterocycles. The molecule has 0 aliphatic carbocycles. The molecule has 0 bridgehead atoms. The number of aliphatic hydroxyl groups is 1. The average Bonchev–Trinajstić information content (AvgIpc) is 2.53. The van der Waals surface area contributed by atoms with Crippen molar-refractivity contribution < 1.29 is 5.11 Å². The summed E-state index contributed by atoms with van der Waals surface area (Å²) in [7, 11) is 0. The molecule has 3 heteroatoms. The summed E-state index contributed by atoms with van der Waals surface area (Å²) in [5.41, 5.74) is 2.89. The molecule has 3 rings (SSSR count). The van der Waals surface area contributed by atoms with Gasteiger partial charge >= 0.3 is 0 Å². The van der Waals surface area contributed by atoms with E-state index >= 15 is 0 Å². The van der Waals surface area contributed by atoms with E-state index in [0.29, 0.717) is 11.1 Å². The van der Waals surface area contributed by atoms with E-state index in [1.54, 1.807) is 24.4 Å². The summed E-state index contributed by atoms with van der Waals surface area (Å²) >= 11 is 0. The van der Waals surface area contributed by atoms with Crippen LogP contribution in [0, 0.1) is 11.3 Å². The second kappa shape index (κ2) is 5.12. The highest BCUT2D eigenvalue weighted by molar-refractivity contribution is 5.82. The van der Waals surface area contributed by atoms with Crippen molar-refractivity contribution in [1.82, 2.24) is 4.98 Å². The number of hydrogen-bond donors (Lipinski definition) is 1. The number of benzene rings is 2. The summed E-state index contributed by atoms with van der Waals surface area (Å²) in [6.07, 6.45) is 0.964. The minimum atomic E-state index is -0.767. The molecule has 0 radical (unpaired) electrons. The summed E-state index contributed by atoms with van der Waals surface area (Å²) in [5, 5.41) is 20.4. The minimum Gasteiger partial charge on any atom is -0.384 e. The molecule has 1 unspecified atom stereocenters. The number of rotatable bonds is 2. The predicted molar refractivity (Wildman–Crippen MR) is 77.0 cm³/mol. The first-order valence-electron chi connectivity index (χ1n) is 6.31. The van der Waals surface area contributed by atoms with Gasteiger partial charge in [-0.1, -0.05) is 30.3 Å². The van der Waals surface area contributed by atoms with Gasteiger partial charge in [0.2, 0.25) is 0 Å². The Morgan fingerprint density at radius 3 is 2.75 bits per heavy atom. The van der Waals surface area contributed by atoms with Gasteiger partial charge in [-0.3, -0.25) is 4.98 Å². The SMILES string of the molecule is N#Cc1cccc(C(O)c2cccc3ncccc23)c1. The van der Waals surface area contributed by atoms with Crippen molar-refractivity contribution in [2.75, 3.05) is 0 Å². The van der Waals surface area contributed by atoms with Crippen LogP contribution in [0.3, 0.4) is 0 Å². The summed E-state index contributed by atoms with van der Waals surface area (Å²) in [5.74, 6) is 0. The first-order chi connectivity index (χ1) is 9.79. The summed E-state index contributed by atoms with van der Waals surface area (Å²) < 4.78 is 0. The van der Waals surface area contributed by atoms with Crippen LogP contribution in [0.1, 0.15) is 22.8 Å². The zero-order chi connectivity index (χ0) is 13.9. The first kappa shape index (κ1) is 12.3. The third-order valence-corrected chi connectivity index (χ3v) is 3.31. The number of nitriles is 1. The molecule has 3 aromatic rings. The molecule has 1 atom stereocenters. The van der Waals surface area contributed by atoms with Crippen molar-refractivity contribution >= 4 is 10.9 Å². The highest BCUT2D eigenvalue weighted by Crippen LogP contribution is 2.28. The molecule has 0 saturated carbocycles. The van der Waals surface area contributed by atoms with Crippen molar-refractivity contribution in [2.45, 2.75) is 6.10 Å². The molecule has 0 amide bonds. The van der Waals surface area contributed by atoms with Gasteiger partial charge in [0.25, 0.3) is 0 Å². The number of aromatic nitrogens is 1. The van der Waals surface area contributed by atoms with E-state index in [1.165, 1.54) is 0 Å². The second-order valence-electron chi connectivity index (χ2n) is 4.56. The van der Waals surface area contributed by atoms with Gasteiger partial charge in [0, 0.05) is 11.6 Å². The van der Waals surface area contributed by atoms with Crippen LogP contribution in [0.4, 0.5) is 0 Å². The van der Waals surface area contributed by atoms with Crippen molar-refractivity contribution in [3.63, 3.8) is 0 Å². The Labute approximate surface area is 116 Å². The summed E-state index contributed by atoms with van der Waals surface area (Å²) in [6.45, 7) is 0. The maximum atomic E-state index is 10.6. The van der Waals surface area contributed by atoms with Crippen LogP contribution in [0.2, 0.25) is 0 Å². The largest absolute Gasteiger partial charge is 0.384 e. The molecule has 1 heterocycles. The van der Waals surface area contributed by atoms with E-state index in [2.05, 4.69) is 11.1 Å². The van der Waals surface area contributed by atoms with Gasteiger partial charge in [0.05, 0.1) is 17.1 Å². The molecular weight excluding hydrogens is 248 g/mol. The summed E-state index contributed by atoms with van der Waals surface area (Å²) in [6, 6.07) is 18.6. The molecule has 3 nitrogen and oxygen atoms in total. The fourth-order valence-corrected chi connectivity index (χ4v) is 2.32. The second-order valence-corrected chi connectivity index (χ2v) is 4.56. The number of fused-ring (bicyclic) bond motifs is 1. The molecular formula is C17H12N2O. The van der Waals surface area contributed by atoms with Crippen LogP contribution in [0.5, 0.6) is 0 Å². The Morgan fingerprint density at radius 2 is 1.90 bits per heavy atom. The van der Waals surface area contributed by atoms with E-state index < -0.39 is 6.10 Å². The van der Waals surface area contributed by atoms with Crippen molar-refractivity contribution in [3.05, 3.63) is 77.5 Å². The van der Waals surface area contributed by atoms with Gasteiger partial charge in [-0.25, -0.2) is 0 Å². The molecule has 2 aromatic carbocycles. The highest BCUT2D eigenvalue weighted by atomic mass is 16.3. The highest BCUT2D eigenvalue weighted by Gasteiger charge is 2.14. The predicted octanol–water partition coefficient (Wildman–Crippen LogP) is 3.19. The van der Waals surface area contributed by atoms with Crippen molar-refractivity contribution in [1.29, 1.82) is 5.26 Å². The van der Waals surface area contributed by atoms with Gasteiger partial charge in [-0.2, -0.15) is 5.26 Å². The zero-order valence-electron chi connectivity index (χ0n) is 10.7. The number of pyridine rings is 1. The van der Waals surface area contributed by atoms with Crippen LogP contribution >= 0.6 is 0 Å². The first-order valence-corrected chi connectivity index (χ1v) is 6.31. The molecule has 0 saturated heterocycles. The molecule has 96 valence electrons. The van der Waals surface area contributed by atoms with E-state index in [1.807, 2.05) is 36.4 Å². The van der Waals surface area contributed by atoms with E-state index in [0.717, 1.165) is 16.5 Å². The maximum absolute atomic E-state index is 10.6. The van der Waals surface area contributed by atoms with Gasteiger partial charge in [0.1, 0.15) is 6.10 Å².